The van der Waals surface area contributed by atoms with Gasteiger partial charge in [-0.1, -0.05) is 31.1 Å². The summed E-state index contributed by atoms with van der Waals surface area (Å²) in [6.07, 6.45) is 1.50. The summed E-state index contributed by atoms with van der Waals surface area (Å²) in [6.45, 7) is 5.74. The lowest BCUT2D eigenvalue weighted by molar-refractivity contribution is -0.387. The van der Waals surface area contributed by atoms with Crippen LogP contribution in [0.2, 0.25) is 0 Å². The van der Waals surface area contributed by atoms with Crippen molar-refractivity contribution in [2.45, 2.75) is 36.7 Å². The van der Waals surface area contributed by atoms with Gasteiger partial charge in [-0.25, -0.2) is 0 Å². The second kappa shape index (κ2) is 9.43. The number of carbonyl (C=O) groups excluding carboxylic acids is 1. The zero-order valence-corrected chi connectivity index (χ0v) is 19.7. The molecule has 34 heavy (non-hydrogen) atoms. The Labute approximate surface area is 198 Å². The fraction of sp³-hybridized carbons (Fsp3) is 0.227. The first kappa shape index (κ1) is 23.1. The van der Waals surface area contributed by atoms with Gasteiger partial charge in [0.05, 0.1) is 21.1 Å². The Kier molecular flexibility index (Phi) is 6.41. The standard InChI is InChI=1S/C22H21N7O4S/c1-12(2)19-25-21(33-27-19)15-7-5-6-13(3)18(15)24-20(30)14-8-9-17(16(10-14)29(31)32)34-22-26-23-11-28(22)4/h5-12H,1-4H3,(H,24,30). The SMILES string of the molecule is Cc1cccc(-c2nc(C(C)C)no2)c1NC(=O)c1ccc(Sc2nncn2C)c([N+](=O)[O-])c1. The molecule has 0 saturated carbocycles. The van der Waals surface area contributed by atoms with Crippen molar-refractivity contribution >= 4 is 29.0 Å². The van der Waals surface area contributed by atoms with Gasteiger partial charge in [0, 0.05) is 24.6 Å². The zero-order chi connectivity index (χ0) is 24.4. The number of nitrogens with zero attached hydrogens (tertiary/aromatic N) is 6. The lowest BCUT2D eigenvalue weighted by Crippen LogP contribution is -2.14. The summed E-state index contributed by atoms with van der Waals surface area (Å²) >= 11 is 1.10. The molecule has 0 bridgehead atoms. The van der Waals surface area contributed by atoms with Crippen LogP contribution in [0.25, 0.3) is 11.5 Å². The molecule has 4 aromatic rings. The number of para-hydroxylation sites is 1. The van der Waals surface area contributed by atoms with Gasteiger partial charge in [-0.05, 0) is 42.4 Å². The molecule has 1 N–H and O–H groups in total. The molecule has 12 heteroatoms. The minimum Gasteiger partial charge on any atom is -0.334 e. The number of aryl methyl sites for hydroxylation is 2. The van der Waals surface area contributed by atoms with Gasteiger partial charge in [0.15, 0.2) is 11.0 Å². The molecule has 0 aliphatic rings. The fourth-order valence-electron chi connectivity index (χ4n) is 3.13. The van der Waals surface area contributed by atoms with Gasteiger partial charge in [-0.3, -0.25) is 14.9 Å². The number of aromatic nitrogens is 5. The van der Waals surface area contributed by atoms with E-state index in [-0.39, 0.29) is 23.1 Å². The summed E-state index contributed by atoms with van der Waals surface area (Å²) in [5, 5.41) is 26.8. The first-order valence-electron chi connectivity index (χ1n) is 10.3. The van der Waals surface area contributed by atoms with E-state index >= 15 is 0 Å². The monoisotopic (exact) mass is 479 g/mol. The van der Waals surface area contributed by atoms with Crippen molar-refractivity contribution in [2.75, 3.05) is 5.32 Å². The van der Waals surface area contributed by atoms with Crippen molar-refractivity contribution in [3.05, 3.63) is 69.8 Å². The summed E-state index contributed by atoms with van der Waals surface area (Å²) < 4.78 is 7.05. The van der Waals surface area contributed by atoms with E-state index in [1.165, 1.54) is 24.5 Å². The zero-order valence-electron chi connectivity index (χ0n) is 18.8. The number of hydrogen-bond acceptors (Lipinski definition) is 9. The molecule has 4 rings (SSSR count). The third-order valence-corrected chi connectivity index (χ3v) is 6.11. The quantitative estimate of drug-likeness (QED) is 0.297. The first-order valence-corrected chi connectivity index (χ1v) is 11.1. The minimum atomic E-state index is -0.527. The molecule has 1 amide bonds. The van der Waals surface area contributed by atoms with Gasteiger partial charge in [-0.15, -0.1) is 10.2 Å². The Morgan fingerprint density at radius 3 is 2.71 bits per heavy atom. The van der Waals surface area contributed by atoms with Crippen LogP contribution in [0.5, 0.6) is 0 Å². The normalized spacial score (nSPS) is 11.1. The van der Waals surface area contributed by atoms with E-state index in [1.54, 1.807) is 17.7 Å². The number of nitro groups is 1. The van der Waals surface area contributed by atoms with E-state index < -0.39 is 10.8 Å². The molecular formula is C22H21N7O4S. The van der Waals surface area contributed by atoms with Gasteiger partial charge in [0.1, 0.15) is 6.33 Å². The van der Waals surface area contributed by atoms with Crippen molar-refractivity contribution in [3.8, 4) is 11.5 Å². The molecule has 2 aromatic carbocycles. The third-order valence-electron chi connectivity index (χ3n) is 4.99. The number of benzene rings is 2. The Morgan fingerprint density at radius 1 is 1.26 bits per heavy atom. The molecule has 0 saturated heterocycles. The van der Waals surface area contributed by atoms with Crippen LogP contribution in [-0.4, -0.2) is 35.7 Å². The number of nitrogens with one attached hydrogen (secondary N) is 1. The first-order chi connectivity index (χ1) is 16.2. The highest BCUT2D eigenvalue weighted by molar-refractivity contribution is 7.99. The molecule has 0 atom stereocenters. The number of carbonyl (C=O) groups is 1. The molecule has 0 spiro atoms. The predicted molar refractivity (Wildman–Crippen MR) is 125 cm³/mol. The summed E-state index contributed by atoms with van der Waals surface area (Å²) in [4.78, 5) is 29.0. The molecule has 0 radical (unpaired) electrons. The number of anilines is 1. The maximum Gasteiger partial charge on any atom is 0.284 e. The van der Waals surface area contributed by atoms with Crippen LogP contribution < -0.4 is 5.32 Å². The molecule has 174 valence electrons. The average molecular weight is 480 g/mol. The molecule has 2 aromatic heterocycles. The van der Waals surface area contributed by atoms with E-state index in [0.29, 0.717) is 27.1 Å². The van der Waals surface area contributed by atoms with Crippen molar-refractivity contribution in [2.24, 2.45) is 7.05 Å². The largest absolute Gasteiger partial charge is 0.334 e. The second-order valence-corrected chi connectivity index (χ2v) is 8.84. The van der Waals surface area contributed by atoms with Crippen molar-refractivity contribution < 1.29 is 14.2 Å². The smallest absolute Gasteiger partial charge is 0.284 e. The maximum absolute atomic E-state index is 13.1. The predicted octanol–water partition coefficient (Wildman–Crippen LogP) is 4.61. The van der Waals surface area contributed by atoms with Crippen LogP contribution in [0.3, 0.4) is 0 Å². The van der Waals surface area contributed by atoms with Crippen LogP contribution in [0.4, 0.5) is 11.4 Å². The van der Waals surface area contributed by atoms with E-state index in [4.69, 9.17) is 4.52 Å². The van der Waals surface area contributed by atoms with Gasteiger partial charge in [-0.2, -0.15) is 4.98 Å². The molecule has 0 aliphatic carbocycles. The number of amides is 1. The van der Waals surface area contributed by atoms with E-state index in [0.717, 1.165) is 17.3 Å². The highest BCUT2D eigenvalue weighted by Crippen LogP contribution is 2.35. The number of nitro benzene ring substituents is 1. The summed E-state index contributed by atoms with van der Waals surface area (Å²) in [5.74, 6) is 0.417. The van der Waals surface area contributed by atoms with E-state index in [1.807, 2.05) is 32.9 Å². The van der Waals surface area contributed by atoms with Gasteiger partial charge in [0.25, 0.3) is 17.5 Å². The average Bonchev–Trinajstić information content (AvgIpc) is 3.45. The number of rotatable bonds is 7. The molecular weight excluding hydrogens is 458 g/mol. The van der Waals surface area contributed by atoms with Gasteiger partial charge in [0.2, 0.25) is 0 Å². The van der Waals surface area contributed by atoms with Gasteiger partial charge >= 0.3 is 0 Å². The minimum absolute atomic E-state index is 0.0822. The highest BCUT2D eigenvalue weighted by Gasteiger charge is 2.22. The molecule has 0 fully saturated rings. The van der Waals surface area contributed by atoms with Crippen molar-refractivity contribution in [1.29, 1.82) is 0 Å². The Hall–Kier alpha value is -4.06. The Morgan fingerprint density at radius 2 is 2.06 bits per heavy atom. The van der Waals surface area contributed by atoms with Crippen LogP contribution in [0.1, 0.15) is 41.5 Å². The van der Waals surface area contributed by atoms with Crippen LogP contribution in [0, 0.1) is 17.0 Å². The van der Waals surface area contributed by atoms with Crippen LogP contribution in [-0.2, 0) is 7.05 Å². The summed E-state index contributed by atoms with van der Waals surface area (Å²) in [6, 6.07) is 9.73. The molecule has 0 unspecified atom stereocenters. The lowest BCUT2D eigenvalue weighted by atomic mass is 10.1. The third kappa shape index (κ3) is 4.66. The molecule has 11 nitrogen and oxygen atoms in total. The van der Waals surface area contributed by atoms with E-state index in [9.17, 15) is 14.9 Å². The lowest BCUT2D eigenvalue weighted by Gasteiger charge is -2.12. The van der Waals surface area contributed by atoms with E-state index in [2.05, 4.69) is 25.7 Å². The fourth-order valence-corrected chi connectivity index (χ4v) is 3.98. The highest BCUT2D eigenvalue weighted by atomic mass is 32.2. The van der Waals surface area contributed by atoms with Gasteiger partial charge < -0.3 is 14.4 Å². The molecule has 2 heterocycles. The van der Waals surface area contributed by atoms with Crippen LogP contribution >= 0.6 is 11.8 Å². The second-order valence-electron chi connectivity index (χ2n) is 7.83. The number of hydrogen-bond donors (Lipinski definition) is 1. The van der Waals surface area contributed by atoms with Crippen molar-refractivity contribution in [1.82, 2.24) is 24.9 Å². The maximum atomic E-state index is 13.1. The Balaban J connectivity index is 1.65. The van der Waals surface area contributed by atoms with Crippen molar-refractivity contribution in [3.63, 3.8) is 0 Å². The summed E-state index contributed by atoms with van der Waals surface area (Å²) in [5.41, 5.74) is 1.77. The Bertz CT molecular complexity index is 1380. The topological polar surface area (TPSA) is 142 Å². The molecule has 0 aliphatic heterocycles. The summed E-state index contributed by atoms with van der Waals surface area (Å²) in [7, 11) is 1.74. The van der Waals surface area contributed by atoms with Crippen LogP contribution in [0.15, 0.2) is 57.3 Å².